The highest BCUT2D eigenvalue weighted by Gasteiger charge is 2.31. The van der Waals surface area contributed by atoms with Crippen LogP contribution in [0.3, 0.4) is 0 Å². The largest absolute Gasteiger partial charge is 0.337 e. The molecule has 1 saturated heterocycles. The Kier molecular flexibility index (Phi) is 5.84. The van der Waals surface area contributed by atoms with E-state index in [1.807, 2.05) is 0 Å². The molecular formula is C15H21ClN4O3S. The number of carbonyl (C=O) groups excluding carboxylic acids is 1. The number of hydrogen-bond acceptors (Lipinski definition) is 5. The van der Waals surface area contributed by atoms with Crippen molar-refractivity contribution in [2.75, 3.05) is 19.6 Å². The molecule has 1 fully saturated rings. The first-order chi connectivity index (χ1) is 11.0. The second kappa shape index (κ2) is 7.50. The standard InChI is InChI=1S/C15H20N4O3S.ClH/c16-9-11-5-3-4-8-19(11)14(20)10-17-15-12-6-1-2-7-13(12)23(21,22)18-15;/h1-2,6-7,11H,3-5,8-10,16H2,(H,17,18);1H. The van der Waals surface area contributed by atoms with Crippen molar-refractivity contribution in [1.29, 1.82) is 0 Å². The summed E-state index contributed by atoms with van der Waals surface area (Å²) in [6.07, 6.45) is 2.95. The Morgan fingerprint density at radius 3 is 2.83 bits per heavy atom. The maximum Gasteiger partial charge on any atom is 0.263 e. The van der Waals surface area contributed by atoms with Gasteiger partial charge in [0.2, 0.25) is 5.91 Å². The highest BCUT2D eigenvalue weighted by atomic mass is 35.5. The number of amides is 1. The monoisotopic (exact) mass is 372 g/mol. The number of halogens is 1. The van der Waals surface area contributed by atoms with Gasteiger partial charge in [-0.15, -0.1) is 12.4 Å². The lowest BCUT2D eigenvalue weighted by Gasteiger charge is -2.34. The molecule has 1 aromatic rings. The third kappa shape index (κ3) is 3.55. The molecular weight excluding hydrogens is 352 g/mol. The SMILES string of the molecule is Cl.NCC1CCCCN1C(=O)CN=C1NS(=O)(=O)c2ccccc21. The van der Waals surface area contributed by atoms with Gasteiger partial charge in [-0.2, -0.15) is 0 Å². The maximum absolute atomic E-state index is 12.4. The number of nitrogens with zero attached hydrogens (tertiary/aromatic N) is 2. The fourth-order valence-electron chi connectivity index (χ4n) is 3.06. The van der Waals surface area contributed by atoms with Crippen LogP contribution in [0.2, 0.25) is 0 Å². The predicted octanol–water partition coefficient (Wildman–Crippen LogP) is 0.487. The molecule has 1 aromatic carbocycles. The zero-order chi connectivity index (χ0) is 16.4. The zero-order valence-electron chi connectivity index (χ0n) is 13.1. The van der Waals surface area contributed by atoms with Crippen LogP contribution in [0, 0.1) is 0 Å². The van der Waals surface area contributed by atoms with E-state index in [1.165, 1.54) is 6.07 Å². The van der Waals surface area contributed by atoms with E-state index in [2.05, 4.69) is 9.71 Å². The van der Waals surface area contributed by atoms with Crippen LogP contribution in [0.5, 0.6) is 0 Å². The van der Waals surface area contributed by atoms with Crippen LogP contribution in [0.15, 0.2) is 34.2 Å². The summed E-state index contributed by atoms with van der Waals surface area (Å²) in [5, 5.41) is 0. The average molecular weight is 373 g/mol. The van der Waals surface area contributed by atoms with Gasteiger partial charge < -0.3 is 10.6 Å². The summed E-state index contributed by atoms with van der Waals surface area (Å²) < 4.78 is 26.4. The summed E-state index contributed by atoms with van der Waals surface area (Å²) >= 11 is 0. The summed E-state index contributed by atoms with van der Waals surface area (Å²) in [6.45, 7) is 1.05. The Balaban J connectivity index is 0.00000208. The normalized spacial score (nSPS) is 23.3. The van der Waals surface area contributed by atoms with E-state index < -0.39 is 10.0 Å². The third-order valence-electron chi connectivity index (χ3n) is 4.25. The number of likely N-dealkylation sites (tertiary alicyclic amines) is 1. The van der Waals surface area contributed by atoms with E-state index in [0.717, 1.165) is 19.3 Å². The fourth-order valence-corrected chi connectivity index (χ4v) is 4.31. The molecule has 1 amide bonds. The van der Waals surface area contributed by atoms with Crippen molar-refractivity contribution in [1.82, 2.24) is 9.62 Å². The number of sulfonamides is 1. The van der Waals surface area contributed by atoms with E-state index in [9.17, 15) is 13.2 Å². The second-order valence-corrected chi connectivity index (χ2v) is 7.39. The van der Waals surface area contributed by atoms with Gasteiger partial charge in [-0.1, -0.05) is 12.1 Å². The minimum atomic E-state index is -3.57. The van der Waals surface area contributed by atoms with Gasteiger partial charge in [-0.25, -0.2) is 8.42 Å². The van der Waals surface area contributed by atoms with Crippen LogP contribution in [-0.2, 0) is 14.8 Å². The quantitative estimate of drug-likeness (QED) is 0.805. The summed E-state index contributed by atoms with van der Waals surface area (Å²) in [7, 11) is -3.57. The van der Waals surface area contributed by atoms with Crippen molar-refractivity contribution in [2.45, 2.75) is 30.2 Å². The molecule has 0 aliphatic carbocycles. The number of carbonyl (C=O) groups is 1. The Bertz CT molecular complexity index is 751. The van der Waals surface area contributed by atoms with Crippen LogP contribution in [-0.4, -0.2) is 50.7 Å². The topological polar surface area (TPSA) is 105 Å². The summed E-state index contributed by atoms with van der Waals surface area (Å²) in [5.41, 5.74) is 6.24. The number of fused-ring (bicyclic) bond motifs is 1. The molecule has 1 unspecified atom stereocenters. The summed E-state index contributed by atoms with van der Waals surface area (Å²) in [5.74, 6) is 0.117. The van der Waals surface area contributed by atoms with Crippen LogP contribution in [0.4, 0.5) is 0 Å². The molecule has 0 radical (unpaired) electrons. The van der Waals surface area contributed by atoms with Crippen molar-refractivity contribution >= 4 is 34.2 Å². The first-order valence-electron chi connectivity index (χ1n) is 7.69. The summed E-state index contributed by atoms with van der Waals surface area (Å²) in [6, 6.07) is 6.67. The molecule has 7 nitrogen and oxygen atoms in total. The van der Waals surface area contributed by atoms with Gasteiger partial charge in [0, 0.05) is 24.7 Å². The van der Waals surface area contributed by atoms with Gasteiger partial charge in [-0.05, 0) is 31.4 Å². The molecule has 0 saturated carbocycles. The number of hydrogen-bond donors (Lipinski definition) is 2. The number of piperidine rings is 1. The molecule has 1 atom stereocenters. The maximum atomic E-state index is 12.4. The van der Waals surface area contributed by atoms with E-state index in [0.29, 0.717) is 18.7 Å². The highest BCUT2D eigenvalue weighted by molar-refractivity contribution is 7.90. The van der Waals surface area contributed by atoms with Crippen LogP contribution in [0.1, 0.15) is 24.8 Å². The number of amidine groups is 1. The minimum absolute atomic E-state index is 0. The molecule has 0 bridgehead atoms. The number of nitrogens with one attached hydrogen (secondary N) is 1. The van der Waals surface area contributed by atoms with Crippen molar-refractivity contribution in [3.05, 3.63) is 29.8 Å². The molecule has 0 spiro atoms. The Morgan fingerprint density at radius 2 is 2.08 bits per heavy atom. The zero-order valence-corrected chi connectivity index (χ0v) is 14.8. The van der Waals surface area contributed by atoms with E-state index in [4.69, 9.17) is 5.73 Å². The van der Waals surface area contributed by atoms with E-state index >= 15 is 0 Å². The van der Waals surface area contributed by atoms with Gasteiger partial charge in [-0.3, -0.25) is 14.5 Å². The lowest BCUT2D eigenvalue weighted by molar-refractivity contribution is -0.133. The highest BCUT2D eigenvalue weighted by Crippen LogP contribution is 2.22. The van der Waals surface area contributed by atoms with Gasteiger partial charge >= 0.3 is 0 Å². The van der Waals surface area contributed by atoms with Gasteiger partial charge in [0.1, 0.15) is 12.4 Å². The van der Waals surface area contributed by atoms with Gasteiger partial charge in [0.05, 0.1) is 4.90 Å². The molecule has 3 rings (SSSR count). The fraction of sp³-hybridized carbons (Fsp3) is 0.467. The molecule has 2 aliphatic heterocycles. The molecule has 2 aliphatic rings. The Labute approximate surface area is 147 Å². The molecule has 0 aromatic heterocycles. The van der Waals surface area contributed by atoms with Crippen LogP contribution >= 0.6 is 12.4 Å². The van der Waals surface area contributed by atoms with Crippen molar-refractivity contribution in [3.8, 4) is 0 Å². The average Bonchev–Trinajstić information content (AvgIpc) is 2.84. The Hall–Kier alpha value is -1.64. The molecule has 2 heterocycles. The molecule has 9 heteroatoms. The third-order valence-corrected chi connectivity index (χ3v) is 5.65. The van der Waals surface area contributed by atoms with Gasteiger partial charge in [0.15, 0.2) is 0 Å². The van der Waals surface area contributed by atoms with E-state index in [1.54, 1.807) is 23.1 Å². The molecule has 24 heavy (non-hydrogen) atoms. The smallest absolute Gasteiger partial charge is 0.263 e. The Morgan fingerprint density at radius 1 is 1.33 bits per heavy atom. The minimum Gasteiger partial charge on any atom is -0.337 e. The number of nitrogens with two attached hydrogens (primary N) is 1. The lowest BCUT2D eigenvalue weighted by atomic mass is 10.0. The van der Waals surface area contributed by atoms with Gasteiger partial charge in [0.25, 0.3) is 10.0 Å². The van der Waals surface area contributed by atoms with Crippen molar-refractivity contribution in [3.63, 3.8) is 0 Å². The van der Waals surface area contributed by atoms with Crippen molar-refractivity contribution in [2.24, 2.45) is 10.7 Å². The number of benzene rings is 1. The van der Waals surface area contributed by atoms with Crippen LogP contribution in [0.25, 0.3) is 0 Å². The predicted molar refractivity (Wildman–Crippen MR) is 93.8 cm³/mol. The summed E-state index contributed by atoms with van der Waals surface area (Å²) in [4.78, 5) is 18.5. The lowest BCUT2D eigenvalue weighted by Crippen LogP contribution is -2.48. The number of aliphatic imine (C=N–C) groups is 1. The molecule has 132 valence electrons. The van der Waals surface area contributed by atoms with Crippen LogP contribution < -0.4 is 10.5 Å². The second-order valence-electron chi connectivity index (χ2n) is 5.74. The van der Waals surface area contributed by atoms with E-state index in [-0.39, 0.29) is 41.6 Å². The first kappa shape index (κ1) is 18.7. The first-order valence-corrected chi connectivity index (χ1v) is 9.17. The van der Waals surface area contributed by atoms with Crippen molar-refractivity contribution < 1.29 is 13.2 Å². The molecule has 3 N–H and O–H groups in total. The number of rotatable bonds is 3.